The lowest BCUT2D eigenvalue weighted by molar-refractivity contribution is 0.102. The largest absolute Gasteiger partial charge is 0.322 e. The molecule has 2 heterocycles. The van der Waals surface area contributed by atoms with E-state index in [4.69, 9.17) is 0 Å². The van der Waals surface area contributed by atoms with Crippen molar-refractivity contribution in [3.05, 3.63) is 70.2 Å². The number of amides is 1. The average Bonchev–Trinajstić information content (AvgIpc) is 3.08. The second kappa shape index (κ2) is 6.11. The predicted octanol–water partition coefficient (Wildman–Crippen LogP) is 1.84. The van der Waals surface area contributed by atoms with Crippen LogP contribution in [0.5, 0.6) is 0 Å². The van der Waals surface area contributed by atoms with Crippen LogP contribution in [0.3, 0.4) is 0 Å². The topological polar surface area (TPSA) is 81.8 Å². The molecule has 2 aromatic heterocycles. The van der Waals surface area contributed by atoms with Gasteiger partial charge in [-0.1, -0.05) is 6.07 Å². The molecule has 0 saturated heterocycles. The molecule has 7 nitrogen and oxygen atoms in total. The highest BCUT2D eigenvalue weighted by Gasteiger charge is 2.18. The molecule has 0 atom stereocenters. The molecular formula is C17H17N5O2. The standard InChI is InChI=1S/C17H17N5O2/c1-11-12(2)20-21(3)17(24)15(11)16(23)19-13-5-4-6-14(9-13)22-8-7-18-10-22/h4-10H,1-3H3,(H,19,23). The van der Waals surface area contributed by atoms with E-state index in [0.717, 1.165) is 5.69 Å². The molecule has 122 valence electrons. The zero-order valence-corrected chi connectivity index (χ0v) is 13.6. The number of carbonyl (C=O) groups is 1. The van der Waals surface area contributed by atoms with Gasteiger partial charge in [0, 0.05) is 30.8 Å². The fraction of sp³-hybridized carbons (Fsp3) is 0.176. The van der Waals surface area contributed by atoms with Gasteiger partial charge in [0.15, 0.2) is 0 Å². The highest BCUT2D eigenvalue weighted by molar-refractivity contribution is 6.05. The molecule has 0 fully saturated rings. The van der Waals surface area contributed by atoms with Gasteiger partial charge in [-0.3, -0.25) is 9.59 Å². The van der Waals surface area contributed by atoms with E-state index >= 15 is 0 Å². The molecule has 0 aliphatic heterocycles. The van der Waals surface area contributed by atoms with Crippen molar-refractivity contribution in [3.63, 3.8) is 0 Å². The lowest BCUT2D eigenvalue weighted by Gasteiger charge is -2.11. The molecule has 1 amide bonds. The van der Waals surface area contributed by atoms with Crippen LogP contribution in [0.15, 0.2) is 47.8 Å². The fourth-order valence-corrected chi connectivity index (χ4v) is 2.47. The molecule has 0 saturated carbocycles. The van der Waals surface area contributed by atoms with E-state index in [2.05, 4.69) is 15.4 Å². The summed E-state index contributed by atoms with van der Waals surface area (Å²) in [6, 6.07) is 7.31. The zero-order chi connectivity index (χ0) is 17.3. The van der Waals surface area contributed by atoms with Crippen molar-refractivity contribution in [2.24, 2.45) is 7.05 Å². The number of imidazole rings is 1. The van der Waals surface area contributed by atoms with Gasteiger partial charge in [-0.2, -0.15) is 5.10 Å². The Morgan fingerprint density at radius 3 is 2.75 bits per heavy atom. The van der Waals surface area contributed by atoms with Crippen LogP contribution in [0, 0.1) is 13.8 Å². The molecule has 0 spiro atoms. The Morgan fingerprint density at radius 2 is 2.04 bits per heavy atom. The van der Waals surface area contributed by atoms with Crippen LogP contribution in [-0.4, -0.2) is 25.2 Å². The van der Waals surface area contributed by atoms with Gasteiger partial charge < -0.3 is 9.88 Å². The lowest BCUT2D eigenvalue weighted by atomic mass is 10.1. The quantitative estimate of drug-likeness (QED) is 0.797. The van der Waals surface area contributed by atoms with Gasteiger partial charge in [0.25, 0.3) is 11.5 Å². The number of nitrogens with one attached hydrogen (secondary N) is 1. The summed E-state index contributed by atoms with van der Waals surface area (Å²) in [4.78, 5) is 28.8. The molecular weight excluding hydrogens is 306 g/mol. The third-order valence-electron chi connectivity index (χ3n) is 3.86. The molecule has 24 heavy (non-hydrogen) atoms. The van der Waals surface area contributed by atoms with E-state index in [1.54, 1.807) is 32.4 Å². The lowest BCUT2D eigenvalue weighted by Crippen LogP contribution is -2.31. The van der Waals surface area contributed by atoms with Gasteiger partial charge >= 0.3 is 0 Å². The monoisotopic (exact) mass is 323 g/mol. The minimum absolute atomic E-state index is 0.109. The van der Waals surface area contributed by atoms with Crippen molar-refractivity contribution in [1.82, 2.24) is 19.3 Å². The van der Waals surface area contributed by atoms with Crippen LogP contribution in [0.1, 0.15) is 21.6 Å². The molecule has 7 heteroatoms. The van der Waals surface area contributed by atoms with Crippen molar-refractivity contribution < 1.29 is 4.79 Å². The molecule has 0 unspecified atom stereocenters. The van der Waals surface area contributed by atoms with E-state index in [0.29, 0.717) is 16.9 Å². The first-order valence-electron chi connectivity index (χ1n) is 7.41. The first-order chi connectivity index (χ1) is 11.5. The van der Waals surface area contributed by atoms with Crippen LogP contribution in [-0.2, 0) is 7.05 Å². The SMILES string of the molecule is Cc1nn(C)c(=O)c(C(=O)Nc2cccc(-n3ccnc3)c2)c1C. The van der Waals surface area contributed by atoms with Crippen molar-refractivity contribution in [2.75, 3.05) is 5.32 Å². The summed E-state index contributed by atoms with van der Waals surface area (Å²) in [5.41, 5.74) is 2.39. The van der Waals surface area contributed by atoms with Crippen LogP contribution in [0.4, 0.5) is 5.69 Å². The molecule has 1 aromatic carbocycles. The Balaban J connectivity index is 1.94. The Morgan fingerprint density at radius 1 is 1.25 bits per heavy atom. The number of anilines is 1. The molecule has 0 aliphatic rings. The van der Waals surface area contributed by atoms with Gasteiger partial charge in [-0.05, 0) is 37.6 Å². The number of benzene rings is 1. The molecule has 1 N–H and O–H groups in total. The van der Waals surface area contributed by atoms with E-state index in [-0.39, 0.29) is 5.56 Å². The minimum atomic E-state index is -0.443. The van der Waals surface area contributed by atoms with E-state index in [9.17, 15) is 9.59 Å². The van der Waals surface area contributed by atoms with Gasteiger partial charge in [-0.25, -0.2) is 9.67 Å². The van der Waals surface area contributed by atoms with Gasteiger partial charge in [0.05, 0.1) is 12.0 Å². The van der Waals surface area contributed by atoms with Crippen molar-refractivity contribution in [3.8, 4) is 5.69 Å². The van der Waals surface area contributed by atoms with Gasteiger partial charge in [0.2, 0.25) is 0 Å². The van der Waals surface area contributed by atoms with Crippen molar-refractivity contribution in [2.45, 2.75) is 13.8 Å². The Hall–Kier alpha value is -3.22. The van der Waals surface area contributed by atoms with Crippen LogP contribution >= 0.6 is 0 Å². The fourth-order valence-electron chi connectivity index (χ4n) is 2.47. The Kier molecular flexibility index (Phi) is 3.99. The molecule has 0 bridgehead atoms. The molecule has 3 rings (SSSR count). The Labute approximate surface area is 138 Å². The number of hydrogen-bond donors (Lipinski definition) is 1. The number of aromatic nitrogens is 4. The first-order valence-corrected chi connectivity index (χ1v) is 7.41. The normalized spacial score (nSPS) is 10.6. The van der Waals surface area contributed by atoms with Crippen LogP contribution in [0.25, 0.3) is 5.69 Å². The number of rotatable bonds is 3. The third kappa shape index (κ3) is 2.83. The second-order valence-corrected chi connectivity index (χ2v) is 5.49. The van der Waals surface area contributed by atoms with Crippen molar-refractivity contribution >= 4 is 11.6 Å². The number of aryl methyl sites for hydroxylation is 2. The summed E-state index contributed by atoms with van der Waals surface area (Å²) in [6.07, 6.45) is 5.16. The van der Waals surface area contributed by atoms with E-state index < -0.39 is 11.5 Å². The second-order valence-electron chi connectivity index (χ2n) is 5.49. The van der Waals surface area contributed by atoms with E-state index in [1.165, 1.54) is 11.7 Å². The summed E-state index contributed by atoms with van der Waals surface area (Å²) < 4.78 is 3.01. The molecule has 3 aromatic rings. The smallest absolute Gasteiger partial charge is 0.279 e. The molecule has 0 radical (unpaired) electrons. The number of hydrogen-bond acceptors (Lipinski definition) is 4. The van der Waals surface area contributed by atoms with E-state index in [1.807, 2.05) is 29.0 Å². The third-order valence-corrected chi connectivity index (χ3v) is 3.86. The average molecular weight is 323 g/mol. The van der Waals surface area contributed by atoms with Crippen LogP contribution < -0.4 is 10.9 Å². The first kappa shape index (κ1) is 15.7. The maximum atomic E-state index is 12.6. The Bertz CT molecular complexity index is 958. The predicted molar refractivity (Wildman–Crippen MR) is 90.5 cm³/mol. The summed E-state index contributed by atoms with van der Waals surface area (Å²) in [7, 11) is 1.53. The summed E-state index contributed by atoms with van der Waals surface area (Å²) >= 11 is 0. The highest BCUT2D eigenvalue weighted by atomic mass is 16.2. The van der Waals surface area contributed by atoms with Gasteiger partial charge in [-0.15, -0.1) is 0 Å². The summed E-state index contributed by atoms with van der Waals surface area (Å²) in [6.45, 7) is 3.49. The number of nitrogens with zero attached hydrogens (tertiary/aromatic N) is 4. The maximum absolute atomic E-state index is 12.6. The summed E-state index contributed by atoms with van der Waals surface area (Å²) in [5, 5.41) is 6.87. The zero-order valence-electron chi connectivity index (χ0n) is 13.6. The van der Waals surface area contributed by atoms with Crippen LogP contribution in [0.2, 0.25) is 0 Å². The summed E-state index contributed by atoms with van der Waals surface area (Å²) in [5.74, 6) is -0.443. The molecule has 0 aliphatic carbocycles. The maximum Gasteiger partial charge on any atom is 0.279 e. The van der Waals surface area contributed by atoms with Crippen molar-refractivity contribution in [1.29, 1.82) is 0 Å². The number of carbonyl (C=O) groups excluding carboxylic acids is 1. The van der Waals surface area contributed by atoms with Gasteiger partial charge in [0.1, 0.15) is 5.56 Å². The minimum Gasteiger partial charge on any atom is -0.322 e. The highest BCUT2D eigenvalue weighted by Crippen LogP contribution is 2.16.